The van der Waals surface area contributed by atoms with E-state index in [0.717, 1.165) is 45.3 Å². The molecule has 0 atom stereocenters. The molecular formula is C27H28N4OS. The molecule has 0 radical (unpaired) electrons. The second-order valence-corrected chi connectivity index (χ2v) is 9.28. The largest absolute Gasteiger partial charge is 0.494 e. The Kier molecular flexibility index (Phi) is 7.47. The van der Waals surface area contributed by atoms with Crippen molar-refractivity contribution in [2.24, 2.45) is 16.0 Å². The van der Waals surface area contributed by atoms with Crippen LogP contribution in [0.5, 0.6) is 5.75 Å². The maximum absolute atomic E-state index is 5.79. The van der Waals surface area contributed by atoms with Gasteiger partial charge in [0.1, 0.15) is 5.75 Å². The molecule has 0 saturated heterocycles. The van der Waals surface area contributed by atoms with Crippen LogP contribution in [-0.4, -0.2) is 23.6 Å². The number of aromatic nitrogens is 1. The van der Waals surface area contributed by atoms with E-state index < -0.39 is 0 Å². The van der Waals surface area contributed by atoms with Gasteiger partial charge in [-0.1, -0.05) is 43.7 Å². The van der Waals surface area contributed by atoms with E-state index in [0.29, 0.717) is 11.8 Å². The minimum atomic E-state index is 0.616. The zero-order valence-electron chi connectivity index (χ0n) is 19.2. The first-order valence-electron chi connectivity index (χ1n) is 11.1. The lowest BCUT2D eigenvalue weighted by atomic mass is 10.1. The Morgan fingerprint density at radius 1 is 1.03 bits per heavy atom. The summed E-state index contributed by atoms with van der Waals surface area (Å²) in [6.07, 6.45) is 2.82. The fourth-order valence-corrected chi connectivity index (χ4v) is 3.98. The molecule has 0 saturated carbocycles. The van der Waals surface area contributed by atoms with E-state index in [1.807, 2.05) is 66.7 Å². The number of hydrazone groups is 1. The predicted octanol–water partition coefficient (Wildman–Crippen LogP) is 6.73. The summed E-state index contributed by atoms with van der Waals surface area (Å²) < 4.78 is 6.90. The zero-order valence-corrected chi connectivity index (χ0v) is 20.0. The van der Waals surface area contributed by atoms with Gasteiger partial charge >= 0.3 is 0 Å². The summed E-state index contributed by atoms with van der Waals surface area (Å²) in [5, 5.41) is 5.23. The number of amidine groups is 1. The van der Waals surface area contributed by atoms with Crippen molar-refractivity contribution in [2.45, 2.75) is 27.2 Å². The molecule has 168 valence electrons. The van der Waals surface area contributed by atoms with Crippen molar-refractivity contribution in [1.82, 2.24) is 10.4 Å². The molecule has 1 aromatic heterocycles. The predicted molar refractivity (Wildman–Crippen MR) is 139 cm³/mol. The fourth-order valence-electron chi connectivity index (χ4n) is 3.07. The highest BCUT2D eigenvalue weighted by Crippen LogP contribution is 2.23. The number of thiazole rings is 1. The van der Waals surface area contributed by atoms with Crippen LogP contribution in [0.4, 0.5) is 5.69 Å². The van der Waals surface area contributed by atoms with E-state index in [4.69, 9.17) is 14.7 Å². The molecule has 0 fully saturated rings. The van der Waals surface area contributed by atoms with Gasteiger partial charge < -0.3 is 4.74 Å². The van der Waals surface area contributed by atoms with Gasteiger partial charge in [0.15, 0.2) is 10.8 Å². The normalized spacial score (nSPS) is 12.1. The number of rotatable bonds is 8. The Morgan fingerprint density at radius 3 is 2.52 bits per heavy atom. The van der Waals surface area contributed by atoms with Gasteiger partial charge in [-0.25, -0.2) is 9.98 Å². The molecule has 33 heavy (non-hydrogen) atoms. The molecule has 5 nitrogen and oxygen atoms in total. The minimum absolute atomic E-state index is 0.616. The van der Waals surface area contributed by atoms with Gasteiger partial charge in [0.25, 0.3) is 0 Å². The number of para-hydroxylation sites is 1. The molecule has 0 bridgehead atoms. The number of fused-ring (bicyclic) bond motifs is 1. The van der Waals surface area contributed by atoms with Gasteiger partial charge in [-0.2, -0.15) is 5.10 Å². The molecule has 0 aliphatic heterocycles. The van der Waals surface area contributed by atoms with Crippen molar-refractivity contribution >= 4 is 39.3 Å². The highest BCUT2D eigenvalue weighted by atomic mass is 32.1. The third kappa shape index (κ3) is 6.49. The average Bonchev–Trinajstić information content (AvgIpc) is 3.25. The van der Waals surface area contributed by atoms with Gasteiger partial charge in [0.05, 0.1) is 28.7 Å². The van der Waals surface area contributed by atoms with E-state index >= 15 is 0 Å². The van der Waals surface area contributed by atoms with Crippen molar-refractivity contribution < 1.29 is 4.74 Å². The standard InChI is InChI=1S/C27H28N4OS/c1-19(2)16-17-32-23-14-10-21(11-15-23)18-28-31-26(29-22-12-8-20(3)9-13-22)27-30-24-6-4-5-7-25(24)33-27/h4-15,18-19H,16-17H2,1-3H3,(H,29,31). The van der Waals surface area contributed by atoms with Crippen LogP contribution in [0, 0.1) is 12.8 Å². The maximum Gasteiger partial charge on any atom is 0.183 e. The first-order valence-corrected chi connectivity index (χ1v) is 11.9. The number of benzene rings is 3. The van der Waals surface area contributed by atoms with E-state index in [2.05, 4.69) is 37.4 Å². The third-order valence-corrected chi connectivity index (χ3v) is 6.04. The minimum Gasteiger partial charge on any atom is -0.494 e. The number of aryl methyl sites for hydroxylation is 1. The van der Waals surface area contributed by atoms with Crippen LogP contribution in [0.25, 0.3) is 10.2 Å². The number of aliphatic imine (C=N–C) groups is 1. The summed E-state index contributed by atoms with van der Waals surface area (Å²) in [7, 11) is 0. The smallest absolute Gasteiger partial charge is 0.183 e. The summed E-state index contributed by atoms with van der Waals surface area (Å²) in [6, 6.07) is 24.1. The van der Waals surface area contributed by atoms with Crippen molar-refractivity contribution in [3.05, 3.63) is 88.9 Å². The summed E-state index contributed by atoms with van der Waals surface area (Å²) >= 11 is 1.59. The van der Waals surface area contributed by atoms with Crippen LogP contribution < -0.4 is 10.2 Å². The van der Waals surface area contributed by atoms with Crippen LogP contribution in [0.15, 0.2) is 82.9 Å². The van der Waals surface area contributed by atoms with Crippen LogP contribution in [0.3, 0.4) is 0 Å². The van der Waals surface area contributed by atoms with Gasteiger partial charge in [-0.05, 0) is 73.4 Å². The molecule has 0 unspecified atom stereocenters. The third-order valence-electron chi connectivity index (χ3n) is 5.00. The maximum atomic E-state index is 5.79. The summed E-state index contributed by atoms with van der Waals surface area (Å²) in [6.45, 7) is 7.18. The SMILES string of the molecule is Cc1ccc(N=C(NN=Cc2ccc(OCCC(C)C)cc2)c2nc3ccccc3s2)cc1. The van der Waals surface area contributed by atoms with E-state index in [1.54, 1.807) is 17.6 Å². The quantitative estimate of drug-likeness (QED) is 0.182. The zero-order chi connectivity index (χ0) is 23.0. The van der Waals surface area contributed by atoms with Crippen molar-refractivity contribution in [3.8, 4) is 5.75 Å². The van der Waals surface area contributed by atoms with Crippen LogP contribution in [-0.2, 0) is 0 Å². The lowest BCUT2D eigenvalue weighted by molar-refractivity contribution is 0.289. The summed E-state index contributed by atoms with van der Waals surface area (Å²) in [5.74, 6) is 2.12. The van der Waals surface area contributed by atoms with Crippen LogP contribution >= 0.6 is 11.3 Å². The molecule has 0 spiro atoms. The van der Waals surface area contributed by atoms with Crippen molar-refractivity contribution in [3.63, 3.8) is 0 Å². The highest BCUT2D eigenvalue weighted by Gasteiger charge is 2.10. The van der Waals surface area contributed by atoms with Gasteiger partial charge in [-0.3, -0.25) is 5.43 Å². The van der Waals surface area contributed by atoms with Gasteiger partial charge in [0, 0.05) is 0 Å². The number of ether oxygens (including phenoxy) is 1. The molecule has 0 amide bonds. The Labute approximate surface area is 198 Å². The number of nitrogens with zero attached hydrogens (tertiary/aromatic N) is 3. The molecule has 6 heteroatoms. The molecular weight excluding hydrogens is 428 g/mol. The van der Waals surface area contributed by atoms with Crippen LogP contribution in [0.1, 0.15) is 36.4 Å². The lowest BCUT2D eigenvalue weighted by Crippen LogP contribution is -2.18. The Hall–Kier alpha value is -3.51. The number of hydrogen-bond acceptors (Lipinski definition) is 5. The summed E-state index contributed by atoms with van der Waals surface area (Å²) in [4.78, 5) is 9.52. The molecule has 4 aromatic rings. The lowest BCUT2D eigenvalue weighted by Gasteiger charge is -2.08. The fraction of sp³-hybridized carbons (Fsp3) is 0.222. The van der Waals surface area contributed by atoms with E-state index in [9.17, 15) is 0 Å². The van der Waals surface area contributed by atoms with Crippen molar-refractivity contribution in [2.75, 3.05) is 6.61 Å². The highest BCUT2D eigenvalue weighted by molar-refractivity contribution is 7.20. The monoisotopic (exact) mass is 456 g/mol. The first kappa shape index (κ1) is 22.7. The van der Waals surface area contributed by atoms with E-state index in [-0.39, 0.29) is 0 Å². The number of hydrogen-bond donors (Lipinski definition) is 1. The van der Waals surface area contributed by atoms with Crippen molar-refractivity contribution in [1.29, 1.82) is 0 Å². The van der Waals surface area contributed by atoms with Crippen LogP contribution in [0.2, 0.25) is 0 Å². The second-order valence-electron chi connectivity index (χ2n) is 8.25. The molecule has 0 aliphatic rings. The Bertz CT molecular complexity index is 1210. The summed E-state index contributed by atoms with van der Waals surface area (Å²) in [5.41, 5.74) is 7.07. The second kappa shape index (κ2) is 10.9. The molecule has 1 heterocycles. The Morgan fingerprint density at radius 2 is 1.79 bits per heavy atom. The van der Waals surface area contributed by atoms with Gasteiger partial charge in [-0.15, -0.1) is 11.3 Å². The first-order chi connectivity index (χ1) is 16.1. The molecule has 4 rings (SSSR count). The number of nitrogens with one attached hydrogen (secondary N) is 1. The molecule has 0 aliphatic carbocycles. The van der Waals surface area contributed by atoms with E-state index in [1.165, 1.54) is 5.56 Å². The Balaban J connectivity index is 1.50. The topological polar surface area (TPSA) is 58.9 Å². The molecule has 1 N–H and O–H groups in total. The molecule has 3 aromatic carbocycles. The van der Waals surface area contributed by atoms with Gasteiger partial charge in [0.2, 0.25) is 0 Å². The average molecular weight is 457 g/mol.